The number of H-pyrrole nitrogens is 1. The van der Waals surface area contributed by atoms with E-state index in [9.17, 15) is 4.39 Å². The van der Waals surface area contributed by atoms with E-state index in [1.165, 1.54) is 28.6 Å². The Morgan fingerprint density at radius 2 is 1.88 bits per heavy atom. The van der Waals surface area contributed by atoms with Crippen LogP contribution in [0.3, 0.4) is 0 Å². The number of rotatable bonds is 4. The second-order valence-electron chi connectivity index (χ2n) is 5.34. The molecule has 5 nitrogen and oxygen atoms in total. The molecule has 120 valence electrons. The highest BCUT2D eigenvalue weighted by atomic mass is 32.2. The number of nitrogens with zero attached hydrogens (tertiary/aromatic N) is 3. The van der Waals surface area contributed by atoms with Crippen molar-refractivity contribution in [2.45, 2.75) is 10.9 Å². The molecule has 2 aromatic heterocycles. The molecule has 0 saturated carbocycles. The first-order chi connectivity index (χ1) is 11.7. The second kappa shape index (κ2) is 6.01. The van der Waals surface area contributed by atoms with E-state index >= 15 is 0 Å². The predicted octanol–water partition coefficient (Wildman–Crippen LogP) is 3.57. The second-order valence-corrected chi connectivity index (χ2v) is 6.28. The molecule has 0 amide bonds. The lowest BCUT2D eigenvalue weighted by molar-refractivity contribution is 0.627. The summed E-state index contributed by atoms with van der Waals surface area (Å²) in [7, 11) is 0. The van der Waals surface area contributed by atoms with Crippen molar-refractivity contribution in [3.63, 3.8) is 0 Å². The third-order valence-electron chi connectivity index (χ3n) is 3.78. The number of para-hydroxylation sites is 1. The number of nitrogens with one attached hydrogen (secondary N) is 1. The number of benzene rings is 2. The predicted molar refractivity (Wildman–Crippen MR) is 93.4 cm³/mol. The zero-order valence-electron chi connectivity index (χ0n) is 12.6. The minimum atomic E-state index is -0.243. The first kappa shape index (κ1) is 14.8. The summed E-state index contributed by atoms with van der Waals surface area (Å²) in [5.41, 5.74) is 2.93. The number of hydrogen-bond donors (Lipinski definition) is 2. The van der Waals surface area contributed by atoms with Crippen LogP contribution in [0.25, 0.3) is 22.3 Å². The molecule has 0 unspecified atom stereocenters. The van der Waals surface area contributed by atoms with Crippen LogP contribution in [-0.4, -0.2) is 19.9 Å². The van der Waals surface area contributed by atoms with Crippen molar-refractivity contribution in [1.82, 2.24) is 19.9 Å². The normalized spacial score (nSPS) is 11.2. The highest BCUT2D eigenvalue weighted by molar-refractivity contribution is 7.98. The smallest absolute Gasteiger partial charge is 0.210 e. The van der Waals surface area contributed by atoms with Gasteiger partial charge in [0.25, 0.3) is 0 Å². The van der Waals surface area contributed by atoms with Gasteiger partial charge in [0.05, 0.1) is 0 Å². The monoisotopic (exact) mass is 339 g/mol. The topological polar surface area (TPSA) is 72.5 Å². The summed E-state index contributed by atoms with van der Waals surface area (Å²) < 4.78 is 14.4. The molecule has 0 radical (unpaired) electrons. The zero-order valence-corrected chi connectivity index (χ0v) is 13.4. The maximum absolute atomic E-state index is 12.9. The standard InChI is InChI=1S/C17H14FN5S/c18-12-7-5-11(6-8-12)10-24-17-22-21-16(23(17)19)14-9-20-15-4-2-1-3-13(14)15/h1-9,20H,10,19H2. The van der Waals surface area contributed by atoms with Crippen LogP contribution in [0, 0.1) is 5.82 Å². The van der Waals surface area contributed by atoms with Crippen LogP contribution in [-0.2, 0) is 5.75 Å². The minimum absolute atomic E-state index is 0.243. The van der Waals surface area contributed by atoms with Crippen LogP contribution < -0.4 is 5.84 Å². The van der Waals surface area contributed by atoms with E-state index in [1.807, 2.05) is 30.5 Å². The van der Waals surface area contributed by atoms with E-state index < -0.39 is 0 Å². The van der Waals surface area contributed by atoms with Crippen LogP contribution in [0.15, 0.2) is 59.9 Å². The molecule has 0 aliphatic rings. The number of aromatic amines is 1. The van der Waals surface area contributed by atoms with Crippen molar-refractivity contribution >= 4 is 22.7 Å². The third-order valence-corrected chi connectivity index (χ3v) is 4.79. The van der Waals surface area contributed by atoms with Gasteiger partial charge in [-0.2, -0.15) is 0 Å². The quantitative estimate of drug-likeness (QED) is 0.440. The van der Waals surface area contributed by atoms with Gasteiger partial charge in [-0.3, -0.25) is 0 Å². The molecule has 4 rings (SSSR count). The summed E-state index contributed by atoms with van der Waals surface area (Å²) in [6.07, 6.45) is 1.88. The molecule has 7 heteroatoms. The molecule has 0 aliphatic carbocycles. The van der Waals surface area contributed by atoms with E-state index in [0.29, 0.717) is 16.7 Å². The number of thioether (sulfide) groups is 1. The van der Waals surface area contributed by atoms with Gasteiger partial charge in [-0.05, 0) is 23.8 Å². The van der Waals surface area contributed by atoms with Gasteiger partial charge in [0, 0.05) is 28.4 Å². The molecule has 4 aromatic rings. The van der Waals surface area contributed by atoms with Crippen LogP contribution in [0.2, 0.25) is 0 Å². The Hall–Kier alpha value is -2.80. The number of aromatic nitrogens is 4. The highest BCUT2D eigenvalue weighted by Crippen LogP contribution is 2.29. The van der Waals surface area contributed by atoms with E-state index in [-0.39, 0.29) is 5.82 Å². The molecule has 0 spiro atoms. The van der Waals surface area contributed by atoms with Crippen molar-refractivity contribution < 1.29 is 4.39 Å². The Labute approximate surface area is 141 Å². The number of halogens is 1. The Balaban J connectivity index is 1.60. The number of nitrogens with two attached hydrogens (primary N) is 1. The van der Waals surface area contributed by atoms with Crippen LogP contribution in [0.5, 0.6) is 0 Å². The maximum Gasteiger partial charge on any atom is 0.210 e. The number of hydrogen-bond acceptors (Lipinski definition) is 4. The van der Waals surface area contributed by atoms with Crippen LogP contribution in [0.4, 0.5) is 4.39 Å². The first-order valence-corrected chi connectivity index (χ1v) is 8.35. The van der Waals surface area contributed by atoms with Gasteiger partial charge in [-0.1, -0.05) is 42.1 Å². The minimum Gasteiger partial charge on any atom is -0.360 e. The number of nitrogen functional groups attached to an aromatic ring is 1. The summed E-state index contributed by atoms with van der Waals surface area (Å²) in [5.74, 6) is 7.18. The summed E-state index contributed by atoms with van der Waals surface area (Å²) in [6, 6.07) is 14.4. The van der Waals surface area contributed by atoms with Gasteiger partial charge >= 0.3 is 0 Å². The average molecular weight is 339 g/mol. The van der Waals surface area contributed by atoms with E-state index in [4.69, 9.17) is 5.84 Å². The van der Waals surface area contributed by atoms with Gasteiger partial charge in [-0.15, -0.1) is 10.2 Å². The fourth-order valence-electron chi connectivity index (χ4n) is 2.54. The number of fused-ring (bicyclic) bond motifs is 1. The molecule has 0 fully saturated rings. The lowest BCUT2D eigenvalue weighted by Crippen LogP contribution is -2.11. The highest BCUT2D eigenvalue weighted by Gasteiger charge is 2.15. The van der Waals surface area contributed by atoms with Gasteiger partial charge in [-0.25, -0.2) is 9.07 Å². The van der Waals surface area contributed by atoms with Crippen molar-refractivity contribution in [3.8, 4) is 11.4 Å². The van der Waals surface area contributed by atoms with E-state index in [0.717, 1.165) is 22.0 Å². The fourth-order valence-corrected chi connectivity index (χ4v) is 3.36. The molecule has 0 saturated heterocycles. The van der Waals surface area contributed by atoms with Crippen molar-refractivity contribution in [3.05, 3.63) is 66.1 Å². The van der Waals surface area contributed by atoms with Crippen molar-refractivity contribution in [2.24, 2.45) is 0 Å². The largest absolute Gasteiger partial charge is 0.360 e. The maximum atomic E-state index is 12.9. The molecule has 2 heterocycles. The molecule has 0 atom stereocenters. The third kappa shape index (κ3) is 2.63. The lowest BCUT2D eigenvalue weighted by atomic mass is 10.2. The fraction of sp³-hybridized carbons (Fsp3) is 0.0588. The van der Waals surface area contributed by atoms with E-state index in [2.05, 4.69) is 15.2 Å². The molecule has 24 heavy (non-hydrogen) atoms. The Morgan fingerprint density at radius 3 is 2.71 bits per heavy atom. The van der Waals surface area contributed by atoms with Gasteiger partial charge in [0.1, 0.15) is 5.82 Å². The molecule has 3 N–H and O–H groups in total. The molecule has 0 bridgehead atoms. The molecule has 2 aromatic carbocycles. The summed E-state index contributed by atoms with van der Waals surface area (Å²) in [5, 5.41) is 10.1. The van der Waals surface area contributed by atoms with Crippen molar-refractivity contribution in [1.29, 1.82) is 0 Å². The summed E-state index contributed by atoms with van der Waals surface area (Å²) >= 11 is 1.46. The van der Waals surface area contributed by atoms with Crippen molar-refractivity contribution in [2.75, 3.05) is 5.84 Å². The summed E-state index contributed by atoms with van der Waals surface area (Å²) in [4.78, 5) is 3.21. The molecular formula is C17H14FN5S. The van der Waals surface area contributed by atoms with Gasteiger partial charge in [0.2, 0.25) is 5.16 Å². The van der Waals surface area contributed by atoms with Gasteiger partial charge < -0.3 is 10.8 Å². The van der Waals surface area contributed by atoms with Gasteiger partial charge in [0.15, 0.2) is 5.82 Å². The lowest BCUT2D eigenvalue weighted by Gasteiger charge is -2.03. The first-order valence-electron chi connectivity index (χ1n) is 7.36. The SMILES string of the molecule is Nn1c(SCc2ccc(F)cc2)nnc1-c1c[nH]c2ccccc12. The Morgan fingerprint density at radius 1 is 1.08 bits per heavy atom. The zero-order chi connectivity index (χ0) is 16.5. The summed E-state index contributed by atoms with van der Waals surface area (Å²) in [6.45, 7) is 0. The van der Waals surface area contributed by atoms with Crippen LogP contribution in [0.1, 0.15) is 5.56 Å². The molecular weight excluding hydrogens is 325 g/mol. The Bertz CT molecular complexity index is 990. The van der Waals surface area contributed by atoms with E-state index in [1.54, 1.807) is 12.1 Å². The molecule has 0 aliphatic heterocycles. The Kier molecular flexibility index (Phi) is 3.70. The average Bonchev–Trinajstić information content (AvgIpc) is 3.18. The van der Waals surface area contributed by atoms with Crippen LogP contribution >= 0.6 is 11.8 Å².